The third-order valence-electron chi connectivity index (χ3n) is 0. The van der Waals surface area contributed by atoms with Gasteiger partial charge in [-0.3, -0.25) is 0 Å². The first-order chi connectivity index (χ1) is 0. The van der Waals surface area contributed by atoms with Gasteiger partial charge in [-0.25, -0.2) is 0 Å². The third kappa shape index (κ3) is 51.8. The zero-order chi connectivity index (χ0) is 0. The smallest absolute Gasteiger partial charge is 2.00 e. The molecule has 0 atom stereocenters. The van der Waals surface area contributed by atoms with Crippen LogP contribution in [0.15, 0.2) is 0 Å². The minimum Gasteiger partial charge on any atom is -2.00 e. The summed E-state index contributed by atoms with van der Waals surface area (Å²) in [5.74, 6) is 0. The standard InChI is InChI=1S/3Mn.3O/q3*+2;3*-2. The summed E-state index contributed by atoms with van der Waals surface area (Å²) in [6.07, 6.45) is 0. The van der Waals surface area contributed by atoms with Crippen molar-refractivity contribution in [2.45, 2.75) is 0 Å². The van der Waals surface area contributed by atoms with Crippen molar-refractivity contribution < 1.29 is 67.6 Å². The molecule has 0 aliphatic rings. The number of hydrogen-bond donors (Lipinski definition) is 0. The van der Waals surface area contributed by atoms with E-state index in [1.54, 1.807) is 0 Å². The van der Waals surface area contributed by atoms with Crippen molar-refractivity contribution >= 4 is 0 Å². The molecule has 3 radical (unpaired) electrons. The fraction of sp³-hybridized carbons (Fsp3) is 0. The fourth-order valence-corrected chi connectivity index (χ4v) is 0. The molecule has 0 amide bonds. The van der Waals surface area contributed by atoms with Crippen molar-refractivity contribution in [3.05, 3.63) is 0 Å². The Morgan fingerprint density at radius 1 is 0.333 bits per heavy atom. The van der Waals surface area contributed by atoms with E-state index in [9.17, 15) is 0 Å². The summed E-state index contributed by atoms with van der Waals surface area (Å²) in [4.78, 5) is 0. The first-order valence-corrected chi connectivity index (χ1v) is 0. The van der Waals surface area contributed by atoms with Gasteiger partial charge in [0.05, 0.1) is 0 Å². The van der Waals surface area contributed by atoms with E-state index in [1.165, 1.54) is 0 Å². The Labute approximate surface area is 67.6 Å². The molecule has 0 heterocycles. The summed E-state index contributed by atoms with van der Waals surface area (Å²) in [6.45, 7) is 0. The molecule has 0 aromatic rings. The molecule has 0 spiro atoms. The molecule has 0 rings (SSSR count). The van der Waals surface area contributed by atoms with Gasteiger partial charge in [-0.1, -0.05) is 0 Å². The number of hydrogen-bond acceptors (Lipinski definition) is 0. The molecule has 0 unspecified atom stereocenters. The third-order valence-corrected chi connectivity index (χ3v) is 0. The molecule has 0 fully saturated rings. The largest absolute Gasteiger partial charge is 2.00 e. The summed E-state index contributed by atoms with van der Waals surface area (Å²) >= 11 is 0. The van der Waals surface area contributed by atoms with Crippen LogP contribution in [0.25, 0.3) is 0 Å². The first kappa shape index (κ1) is 149. The van der Waals surface area contributed by atoms with E-state index in [2.05, 4.69) is 0 Å². The van der Waals surface area contributed by atoms with E-state index in [0.717, 1.165) is 0 Å². The van der Waals surface area contributed by atoms with Crippen LogP contribution < -0.4 is 0 Å². The monoisotopic (exact) mass is 213 g/mol. The van der Waals surface area contributed by atoms with E-state index in [-0.39, 0.29) is 67.6 Å². The summed E-state index contributed by atoms with van der Waals surface area (Å²) in [5, 5.41) is 0. The fourth-order valence-electron chi connectivity index (χ4n) is 0. The Balaban J connectivity index is 0. The summed E-state index contributed by atoms with van der Waals surface area (Å²) < 4.78 is 0. The molecule has 6 heavy (non-hydrogen) atoms. The average molecular weight is 213 g/mol. The molecule has 0 aromatic carbocycles. The Hall–Kier alpha value is 1.44. The molecule has 0 bridgehead atoms. The first-order valence-electron chi connectivity index (χ1n) is 0. The summed E-state index contributed by atoms with van der Waals surface area (Å²) in [7, 11) is 0. The quantitative estimate of drug-likeness (QED) is 0.491. The Bertz CT molecular complexity index is 6.00. The van der Waals surface area contributed by atoms with Crippen LogP contribution in [0.4, 0.5) is 0 Å². The maximum Gasteiger partial charge on any atom is 2.00 e. The zero-order valence-electron chi connectivity index (χ0n) is 2.36. The molecule has 0 aliphatic heterocycles. The van der Waals surface area contributed by atoms with E-state index in [4.69, 9.17) is 0 Å². The van der Waals surface area contributed by atoms with Crippen LogP contribution in [0.2, 0.25) is 0 Å². The molecular weight excluding hydrogens is 213 g/mol. The van der Waals surface area contributed by atoms with Crippen LogP contribution >= 0.6 is 0 Å². The van der Waals surface area contributed by atoms with Crippen molar-refractivity contribution in [3.8, 4) is 0 Å². The zero-order valence-corrected chi connectivity index (χ0v) is 5.90. The maximum atomic E-state index is 0. The second-order valence-corrected chi connectivity index (χ2v) is 0. The average Bonchev–Trinajstić information content (AvgIpc) is 0. The van der Waals surface area contributed by atoms with Gasteiger partial charge in [-0.2, -0.15) is 0 Å². The second-order valence-electron chi connectivity index (χ2n) is 0. The predicted octanol–water partition coefficient (Wildman–Crippen LogP) is -0.364. The van der Waals surface area contributed by atoms with Crippen molar-refractivity contribution in [3.63, 3.8) is 0 Å². The normalized spacial score (nSPS) is 0. The summed E-state index contributed by atoms with van der Waals surface area (Å²) in [5.41, 5.74) is 0. The van der Waals surface area contributed by atoms with Crippen molar-refractivity contribution in [1.29, 1.82) is 0 Å². The molecule has 0 saturated heterocycles. The molecule has 0 N–H and O–H groups in total. The van der Waals surface area contributed by atoms with Crippen LogP contribution in [-0.2, 0) is 67.6 Å². The maximum absolute atomic E-state index is 0. The molecule has 0 saturated carbocycles. The van der Waals surface area contributed by atoms with Gasteiger partial charge in [0.25, 0.3) is 0 Å². The second kappa shape index (κ2) is 92.0. The van der Waals surface area contributed by atoms with Crippen molar-refractivity contribution in [2.24, 2.45) is 0 Å². The Kier molecular flexibility index (Phi) is 2290. The molecule has 0 aromatic heterocycles. The van der Waals surface area contributed by atoms with E-state index < -0.39 is 0 Å². The molecule has 0 aliphatic carbocycles. The van der Waals surface area contributed by atoms with E-state index >= 15 is 0 Å². The van der Waals surface area contributed by atoms with Gasteiger partial charge in [0, 0.05) is 0 Å². The van der Waals surface area contributed by atoms with Gasteiger partial charge < -0.3 is 16.4 Å². The van der Waals surface area contributed by atoms with Crippen LogP contribution in [0.5, 0.6) is 0 Å². The topological polar surface area (TPSA) is 85.5 Å². The van der Waals surface area contributed by atoms with Gasteiger partial charge in [-0.15, -0.1) is 0 Å². The van der Waals surface area contributed by atoms with Gasteiger partial charge in [-0.05, 0) is 0 Å². The Morgan fingerprint density at radius 2 is 0.333 bits per heavy atom. The molecule has 6 heteroatoms. The Morgan fingerprint density at radius 3 is 0.333 bits per heavy atom. The van der Waals surface area contributed by atoms with Gasteiger partial charge in [0.2, 0.25) is 0 Å². The van der Waals surface area contributed by atoms with Crippen molar-refractivity contribution in [1.82, 2.24) is 0 Å². The number of rotatable bonds is 0. The van der Waals surface area contributed by atoms with E-state index in [0.29, 0.717) is 0 Å². The molecule has 3 nitrogen and oxygen atoms in total. The summed E-state index contributed by atoms with van der Waals surface area (Å²) in [6, 6.07) is 0. The van der Waals surface area contributed by atoms with Crippen LogP contribution in [-0.4, -0.2) is 0 Å². The minimum absolute atomic E-state index is 0. The van der Waals surface area contributed by atoms with Crippen LogP contribution in [0, 0.1) is 0 Å². The van der Waals surface area contributed by atoms with Crippen LogP contribution in [0.1, 0.15) is 0 Å². The van der Waals surface area contributed by atoms with Crippen LogP contribution in [0.3, 0.4) is 0 Å². The van der Waals surface area contributed by atoms with Gasteiger partial charge in [0.15, 0.2) is 0 Å². The predicted molar refractivity (Wildman–Crippen MR) is 2.06 cm³/mol. The SMILES string of the molecule is [Mn+2].[Mn+2].[Mn+2].[O-2].[O-2].[O-2]. The molecule has 39 valence electrons. The van der Waals surface area contributed by atoms with E-state index in [1.807, 2.05) is 0 Å². The van der Waals surface area contributed by atoms with Crippen molar-refractivity contribution in [2.75, 3.05) is 0 Å². The van der Waals surface area contributed by atoms with Gasteiger partial charge in [0.1, 0.15) is 0 Å². The minimum atomic E-state index is 0. The molecular formula is Mn3O3. The van der Waals surface area contributed by atoms with Gasteiger partial charge >= 0.3 is 51.2 Å².